The average Bonchev–Trinajstić information content (AvgIpc) is 2.90. The van der Waals surface area contributed by atoms with E-state index in [0.29, 0.717) is 12.3 Å². The van der Waals surface area contributed by atoms with Gasteiger partial charge in [0.05, 0.1) is 6.10 Å². The molecule has 1 aromatic carbocycles. The number of aliphatic hydroxyl groups excluding tert-OH is 1. The standard InChI is InChI=1S/C21H26F2O2/c1-2-20-7-8-21(12-19(22)23)16-6-4-14(24)9-13(16)3-5-17(21)18(20)10-15(25)11-20/h4,6,9,12,15,17-18,24-25H,2-3,5,7-8,10-11H2,1H3/t15-,17+,18+,20-,21+/m1/s1. The molecule has 2 fully saturated rings. The fourth-order valence-electron chi connectivity index (χ4n) is 6.51. The van der Waals surface area contributed by atoms with Crippen molar-refractivity contribution in [3.8, 4) is 5.75 Å². The van der Waals surface area contributed by atoms with Crippen molar-refractivity contribution in [3.63, 3.8) is 0 Å². The minimum absolute atomic E-state index is 0.0998. The van der Waals surface area contributed by atoms with E-state index in [1.807, 2.05) is 6.07 Å². The summed E-state index contributed by atoms with van der Waals surface area (Å²) in [6.07, 6.45) is 5.05. The van der Waals surface area contributed by atoms with Gasteiger partial charge in [0.2, 0.25) is 0 Å². The van der Waals surface area contributed by atoms with Gasteiger partial charge in [-0.25, -0.2) is 0 Å². The molecule has 0 aromatic heterocycles. The van der Waals surface area contributed by atoms with Crippen molar-refractivity contribution in [1.82, 2.24) is 0 Å². The molecule has 2 saturated carbocycles. The number of hydrogen-bond acceptors (Lipinski definition) is 2. The number of phenols is 1. The zero-order valence-corrected chi connectivity index (χ0v) is 14.6. The van der Waals surface area contributed by atoms with E-state index in [1.165, 1.54) is 6.08 Å². The first-order chi connectivity index (χ1) is 11.9. The molecule has 5 atom stereocenters. The van der Waals surface area contributed by atoms with E-state index in [2.05, 4.69) is 6.92 Å². The van der Waals surface area contributed by atoms with Gasteiger partial charge in [0, 0.05) is 5.41 Å². The van der Waals surface area contributed by atoms with Crippen LogP contribution < -0.4 is 0 Å². The van der Waals surface area contributed by atoms with Gasteiger partial charge in [0.1, 0.15) is 5.75 Å². The first-order valence-corrected chi connectivity index (χ1v) is 9.44. The topological polar surface area (TPSA) is 40.5 Å². The molecule has 0 radical (unpaired) electrons. The highest BCUT2D eigenvalue weighted by Crippen LogP contribution is 2.65. The summed E-state index contributed by atoms with van der Waals surface area (Å²) in [5.41, 5.74) is 1.40. The molecule has 2 nitrogen and oxygen atoms in total. The lowest BCUT2D eigenvalue weighted by molar-refractivity contribution is 0.0100. The van der Waals surface area contributed by atoms with Crippen LogP contribution in [0.1, 0.15) is 56.6 Å². The number of allylic oxidation sites excluding steroid dienone is 1. The van der Waals surface area contributed by atoms with Crippen LogP contribution in [-0.2, 0) is 11.8 Å². The van der Waals surface area contributed by atoms with Crippen LogP contribution in [0, 0.1) is 17.3 Å². The van der Waals surface area contributed by atoms with Crippen LogP contribution in [0.4, 0.5) is 8.78 Å². The van der Waals surface area contributed by atoms with Gasteiger partial charge in [-0.3, -0.25) is 0 Å². The summed E-state index contributed by atoms with van der Waals surface area (Å²) in [6.45, 7) is 2.18. The fraction of sp³-hybridized carbons (Fsp3) is 0.619. The second-order valence-electron chi connectivity index (χ2n) is 8.38. The second-order valence-corrected chi connectivity index (χ2v) is 8.38. The molecular weight excluding hydrogens is 322 g/mol. The van der Waals surface area contributed by atoms with Gasteiger partial charge in [0.15, 0.2) is 0 Å². The Morgan fingerprint density at radius 3 is 2.80 bits per heavy atom. The maximum Gasteiger partial charge on any atom is 0.267 e. The van der Waals surface area contributed by atoms with Crippen molar-refractivity contribution in [2.75, 3.05) is 0 Å². The molecule has 0 unspecified atom stereocenters. The second kappa shape index (κ2) is 5.80. The van der Waals surface area contributed by atoms with E-state index in [4.69, 9.17) is 0 Å². The number of aromatic hydroxyl groups is 1. The first-order valence-electron chi connectivity index (χ1n) is 9.44. The Balaban J connectivity index is 1.86. The number of aryl methyl sites for hydroxylation is 1. The zero-order valence-electron chi connectivity index (χ0n) is 14.6. The lowest BCUT2D eigenvalue weighted by Crippen LogP contribution is -2.50. The summed E-state index contributed by atoms with van der Waals surface area (Å²) in [6, 6.07) is 5.21. The fourth-order valence-corrected chi connectivity index (χ4v) is 6.51. The summed E-state index contributed by atoms with van der Waals surface area (Å²) >= 11 is 0. The third kappa shape index (κ3) is 2.44. The van der Waals surface area contributed by atoms with Crippen molar-refractivity contribution in [1.29, 1.82) is 0 Å². The first kappa shape index (κ1) is 17.0. The van der Waals surface area contributed by atoms with Gasteiger partial charge >= 0.3 is 0 Å². The SMILES string of the molecule is CC[C@]12CC[C@]3(C=C(F)F)c4ccc(O)cc4CC[C@H]3[C@@H]1C[C@@H](O)C2. The van der Waals surface area contributed by atoms with E-state index in [0.717, 1.165) is 49.7 Å². The van der Waals surface area contributed by atoms with E-state index in [1.54, 1.807) is 12.1 Å². The van der Waals surface area contributed by atoms with Crippen molar-refractivity contribution in [2.45, 2.75) is 63.4 Å². The van der Waals surface area contributed by atoms with Crippen LogP contribution in [0.15, 0.2) is 30.4 Å². The molecule has 25 heavy (non-hydrogen) atoms. The number of phenolic OH excluding ortho intramolecular Hbond substituents is 1. The molecule has 0 spiro atoms. The molecule has 4 heteroatoms. The Hall–Kier alpha value is -1.42. The minimum Gasteiger partial charge on any atom is -0.508 e. The molecule has 4 rings (SSSR count). The van der Waals surface area contributed by atoms with E-state index in [9.17, 15) is 19.0 Å². The third-order valence-electron chi connectivity index (χ3n) is 7.52. The predicted octanol–water partition coefficient (Wildman–Crippen LogP) is 4.93. The largest absolute Gasteiger partial charge is 0.508 e. The van der Waals surface area contributed by atoms with Crippen LogP contribution in [-0.4, -0.2) is 16.3 Å². The molecular formula is C21H26F2O2. The summed E-state index contributed by atoms with van der Waals surface area (Å²) in [7, 11) is 0. The highest BCUT2D eigenvalue weighted by atomic mass is 19.3. The van der Waals surface area contributed by atoms with Gasteiger partial charge in [0.25, 0.3) is 6.08 Å². The summed E-state index contributed by atoms with van der Waals surface area (Å²) in [5.74, 6) is 0.628. The summed E-state index contributed by atoms with van der Waals surface area (Å²) < 4.78 is 27.0. The Labute approximate surface area is 147 Å². The van der Waals surface area contributed by atoms with Gasteiger partial charge < -0.3 is 10.2 Å². The number of rotatable bonds is 2. The van der Waals surface area contributed by atoms with Crippen LogP contribution >= 0.6 is 0 Å². The normalized spacial score (nSPS) is 39.3. The highest BCUT2D eigenvalue weighted by Gasteiger charge is 2.59. The smallest absolute Gasteiger partial charge is 0.267 e. The Bertz CT molecular complexity index is 712. The van der Waals surface area contributed by atoms with Crippen molar-refractivity contribution in [3.05, 3.63) is 41.5 Å². The van der Waals surface area contributed by atoms with Gasteiger partial charge in [-0.2, -0.15) is 8.78 Å². The zero-order chi connectivity index (χ0) is 17.8. The van der Waals surface area contributed by atoms with Gasteiger partial charge in [-0.1, -0.05) is 19.4 Å². The van der Waals surface area contributed by atoms with Crippen molar-refractivity contribution in [2.24, 2.45) is 17.3 Å². The summed E-state index contributed by atoms with van der Waals surface area (Å²) in [4.78, 5) is 0. The minimum atomic E-state index is -1.62. The van der Waals surface area contributed by atoms with Crippen molar-refractivity contribution >= 4 is 0 Å². The summed E-state index contributed by atoms with van der Waals surface area (Å²) in [5, 5.41) is 20.2. The molecule has 0 amide bonds. The molecule has 2 N–H and O–H groups in total. The number of halogens is 2. The average molecular weight is 348 g/mol. The molecule has 0 aliphatic heterocycles. The highest BCUT2D eigenvalue weighted by molar-refractivity contribution is 5.46. The molecule has 3 aliphatic rings. The number of benzene rings is 1. The quantitative estimate of drug-likeness (QED) is 0.795. The van der Waals surface area contributed by atoms with Gasteiger partial charge in [-0.15, -0.1) is 0 Å². The maximum absolute atomic E-state index is 13.5. The number of aliphatic hydroxyl groups is 1. The Morgan fingerprint density at radius 1 is 1.28 bits per heavy atom. The number of hydrogen-bond donors (Lipinski definition) is 2. The van der Waals surface area contributed by atoms with Crippen LogP contribution in [0.2, 0.25) is 0 Å². The van der Waals surface area contributed by atoms with E-state index in [-0.39, 0.29) is 23.2 Å². The predicted molar refractivity (Wildman–Crippen MR) is 92.6 cm³/mol. The van der Waals surface area contributed by atoms with E-state index < -0.39 is 11.5 Å². The third-order valence-corrected chi connectivity index (χ3v) is 7.52. The van der Waals surface area contributed by atoms with Crippen molar-refractivity contribution < 1.29 is 19.0 Å². The Kier molecular flexibility index (Phi) is 3.95. The lowest BCUT2D eigenvalue weighted by atomic mass is 9.48. The molecule has 136 valence electrons. The van der Waals surface area contributed by atoms with E-state index >= 15 is 0 Å². The molecule has 0 heterocycles. The number of fused-ring (bicyclic) bond motifs is 5. The van der Waals surface area contributed by atoms with Crippen LogP contribution in [0.3, 0.4) is 0 Å². The maximum atomic E-state index is 13.5. The monoisotopic (exact) mass is 348 g/mol. The molecule has 1 aromatic rings. The Morgan fingerprint density at radius 2 is 2.08 bits per heavy atom. The molecule has 3 aliphatic carbocycles. The van der Waals surface area contributed by atoms with Crippen LogP contribution in [0.25, 0.3) is 0 Å². The van der Waals surface area contributed by atoms with Crippen LogP contribution in [0.5, 0.6) is 5.75 Å². The lowest BCUT2D eigenvalue weighted by Gasteiger charge is -2.56. The molecule has 0 bridgehead atoms. The molecule has 0 saturated heterocycles. The van der Waals surface area contributed by atoms with Gasteiger partial charge in [-0.05, 0) is 85.1 Å².